The molecule has 0 saturated heterocycles. The Hall–Kier alpha value is -2.15. The molecule has 0 saturated carbocycles. The van der Waals surface area contributed by atoms with Crippen molar-refractivity contribution in [1.29, 1.82) is 0 Å². The molecule has 0 fully saturated rings. The lowest BCUT2D eigenvalue weighted by Crippen LogP contribution is -2.54. The number of pyridine rings is 1. The van der Waals surface area contributed by atoms with E-state index in [1.807, 2.05) is 0 Å². The zero-order valence-electron chi connectivity index (χ0n) is 11.3. The SMILES string of the molecule is C=C1c2cccc3ccc4ccc[n+](c4c23)C1(C)C. The molecule has 1 aliphatic rings. The van der Waals surface area contributed by atoms with E-state index in [2.05, 4.69) is 73.7 Å². The number of hydrogen-bond donors (Lipinski definition) is 0. The number of aromatic nitrogens is 1. The Bertz CT molecular complexity index is 856. The summed E-state index contributed by atoms with van der Waals surface area (Å²) in [6.45, 7) is 8.84. The first-order valence-corrected chi connectivity index (χ1v) is 6.67. The Balaban J connectivity index is 2.41. The van der Waals surface area contributed by atoms with Crippen molar-refractivity contribution in [2.75, 3.05) is 0 Å². The van der Waals surface area contributed by atoms with Gasteiger partial charge in [-0.3, -0.25) is 0 Å². The van der Waals surface area contributed by atoms with Crippen LogP contribution in [-0.4, -0.2) is 0 Å². The topological polar surface area (TPSA) is 3.88 Å². The van der Waals surface area contributed by atoms with E-state index in [1.165, 1.54) is 32.8 Å². The average Bonchev–Trinajstić information content (AvgIpc) is 2.43. The molecule has 0 unspecified atom stereocenters. The largest absolute Gasteiger partial charge is 0.221 e. The van der Waals surface area contributed by atoms with Crippen molar-refractivity contribution < 1.29 is 4.57 Å². The van der Waals surface area contributed by atoms with E-state index in [9.17, 15) is 0 Å². The van der Waals surface area contributed by atoms with Crippen molar-refractivity contribution in [2.24, 2.45) is 0 Å². The molecule has 0 amide bonds. The lowest BCUT2D eigenvalue weighted by molar-refractivity contribution is -0.718. The van der Waals surface area contributed by atoms with Gasteiger partial charge in [0.2, 0.25) is 5.52 Å². The Morgan fingerprint density at radius 3 is 2.53 bits per heavy atom. The minimum Gasteiger partial charge on any atom is -0.189 e. The summed E-state index contributed by atoms with van der Waals surface area (Å²) in [6.07, 6.45) is 2.17. The van der Waals surface area contributed by atoms with E-state index >= 15 is 0 Å². The number of rotatable bonds is 0. The summed E-state index contributed by atoms with van der Waals surface area (Å²) < 4.78 is 2.36. The van der Waals surface area contributed by atoms with Gasteiger partial charge < -0.3 is 0 Å². The molecule has 0 spiro atoms. The van der Waals surface area contributed by atoms with Crippen molar-refractivity contribution in [3.8, 4) is 0 Å². The molecule has 0 atom stereocenters. The minimum absolute atomic E-state index is 0.0812. The van der Waals surface area contributed by atoms with Gasteiger partial charge in [0, 0.05) is 30.9 Å². The predicted molar refractivity (Wildman–Crippen MR) is 80.0 cm³/mol. The highest BCUT2D eigenvalue weighted by atomic mass is 15.0. The van der Waals surface area contributed by atoms with Crippen molar-refractivity contribution in [2.45, 2.75) is 19.4 Å². The van der Waals surface area contributed by atoms with E-state index in [1.54, 1.807) is 0 Å². The quantitative estimate of drug-likeness (QED) is 0.416. The highest BCUT2D eigenvalue weighted by molar-refractivity contribution is 6.10. The summed E-state index contributed by atoms with van der Waals surface area (Å²) in [5.74, 6) is 0. The van der Waals surface area contributed by atoms with Gasteiger partial charge in [-0.25, -0.2) is 0 Å². The van der Waals surface area contributed by atoms with Crippen LogP contribution in [0.1, 0.15) is 19.4 Å². The smallest absolute Gasteiger partial charge is 0.189 e. The molecular weight excluding hydrogens is 230 g/mol. The molecule has 0 bridgehead atoms. The second kappa shape index (κ2) is 3.24. The first-order valence-electron chi connectivity index (χ1n) is 6.67. The Morgan fingerprint density at radius 1 is 0.947 bits per heavy atom. The summed E-state index contributed by atoms with van der Waals surface area (Å²) in [5, 5.41) is 3.93. The number of benzene rings is 2. The van der Waals surface area contributed by atoms with Crippen LogP contribution in [0.3, 0.4) is 0 Å². The summed E-state index contributed by atoms with van der Waals surface area (Å²) in [7, 11) is 0. The molecule has 1 aliphatic heterocycles. The molecule has 4 rings (SSSR count). The molecule has 0 radical (unpaired) electrons. The summed E-state index contributed by atoms with van der Waals surface area (Å²) in [5.41, 5.74) is 3.73. The highest BCUT2D eigenvalue weighted by Gasteiger charge is 2.39. The van der Waals surface area contributed by atoms with Crippen LogP contribution in [0, 0.1) is 0 Å². The normalized spacial score (nSPS) is 16.4. The van der Waals surface area contributed by atoms with Crippen LogP contribution >= 0.6 is 0 Å². The van der Waals surface area contributed by atoms with Crippen LogP contribution in [0.25, 0.3) is 27.2 Å². The maximum absolute atomic E-state index is 4.36. The lowest BCUT2D eigenvalue weighted by atomic mass is 9.82. The van der Waals surface area contributed by atoms with Gasteiger partial charge in [-0.05, 0) is 23.1 Å². The van der Waals surface area contributed by atoms with Crippen molar-refractivity contribution in [3.05, 3.63) is 60.8 Å². The van der Waals surface area contributed by atoms with E-state index in [0.717, 1.165) is 0 Å². The van der Waals surface area contributed by atoms with Gasteiger partial charge in [-0.1, -0.05) is 30.8 Å². The van der Waals surface area contributed by atoms with Crippen LogP contribution in [-0.2, 0) is 5.54 Å². The van der Waals surface area contributed by atoms with Crippen LogP contribution in [0.2, 0.25) is 0 Å². The van der Waals surface area contributed by atoms with Gasteiger partial charge in [-0.2, -0.15) is 4.57 Å². The fourth-order valence-corrected chi connectivity index (χ4v) is 3.27. The third-order valence-corrected chi connectivity index (χ3v) is 4.47. The van der Waals surface area contributed by atoms with Crippen LogP contribution in [0.4, 0.5) is 0 Å². The third-order valence-electron chi connectivity index (χ3n) is 4.47. The molecule has 92 valence electrons. The maximum atomic E-state index is 4.36. The van der Waals surface area contributed by atoms with Crippen LogP contribution in [0.5, 0.6) is 0 Å². The minimum atomic E-state index is -0.0812. The van der Waals surface area contributed by atoms with Crippen molar-refractivity contribution in [1.82, 2.24) is 0 Å². The molecule has 1 aromatic heterocycles. The molecule has 19 heavy (non-hydrogen) atoms. The number of hydrogen-bond acceptors (Lipinski definition) is 0. The van der Waals surface area contributed by atoms with Gasteiger partial charge >= 0.3 is 0 Å². The zero-order valence-corrected chi connectivity index (χ0v) is 11.3. The third kappa shape index (κ3) is 1.18. The molecule has 3 aromatic rings. The predicted octanol–water partition coefficient (Wildman–Crippen LogP) is 4.04. The molecule has 1 nitrogen and oxygen atoms in total. The highest BCUT2D eigenvalue weighted by Crippen LogP contribution is 2.39. The molecule has 0 aliphatic carbocycles. The zero-order chi connectivity index (χ0) is 13.2. The number of allylic oxidation sites excluding steroid dienone is 1. The van der Waals surface area contributed by atoms with E-state index in [0.29, 0.717) is 0 Å². The summed E-state index contributed by atoms with van der Waals surface area (Å²) >= 11 is 0. The lowest BCUT2D eigenvalue weighted by Gasteiger charge is -2.28. The Morgan fingerprint density at radius 2 is 1.68 bits per heavy atom. The maximum Gasteiger partial charge on any atom is 0.221 e. The second-order valence-electron chi connectivity index (χ2n) is 5.82. The fourth-order valence-electron chi connectivity index (χ4n) is 3.27. The standard InChI is InChI=1S/C18H16N/c1-12-15-8-4-6-13-9-10-14-7-5-11-19(18(12,2)3)17(14)16(13)15/h4-11H,1H2,2-3H3/q+1. The number of nitrogens with zero attached hydrogens (tertiary/aromatic N) is 1. The van der Waals surface area contributed by atoms with Gasteiger partial charge in [0.25, 0.3) is 0 Å². The van der Waals surface area contributed by atoms with Gasteiger partial charge in [-0.15, -0.1) is 0 Å². The molecule has 1 heteroatoms. The first kappa shape index (κ1) is 10.7. The monoisotopic (exact) mass is 246 g/mol. The van der Waals surface area contributed by atoms with E-state index in [-0.39, 0.29) is 5.54 Å². The first-order chi connectivity index (χ1) is 9.10. The van der Waals surface area contributed by atoms with Gasteiger partial charge in [0.05, 0.1) is 5.39 Å². The second-order valence-corrected chi connectivity index (χ2v) is 5.82. The van der Waals surface area contributed by atoms with Crippen LogP contribution in [0.15, 0.2) is 55.2 Å². The van der Waals surface area contributed by atoms with Gasteiger partial charge in [0.1, 0.15) is 0 Å². The Kier molecular flexibility index (Phi) is 1.83. The Labute approximate surface area is 112 Å². The molecule has 0 N–H and O–H groups in total. The van der Waals surface area contributed by atoms with E-state index < -0.39 is 0 Å². The van der Waals surface area contributed by atoms with Gasteiger partial charge in [0.15, 0.2) is 11.7 Å². The van der Waals surface area contributed by atoms with E-state index in [4.69, 9.17) is 0 Å². The molecule has 2 aromatic carbocycles. The summed E-state index contributed by atoms with van der Waals surface area (Å²) in [4.78, 5) is 0. The van der Waals surface area contributed by atoms with Crippen molar-refractivity contribution >= 4 is 27.2 Å². The molecular formula is C18H16N+. The summed E-state index contributed by atoms with van der Waals surface area (Å²) in [6, 6.07) is 15.2. The van der Waals surface area contributed by atoms with Crippen molar-refractivity contribution in [3.63, 3.8) is 0 Å². The van der Waals surface area contributed by atoms with Crippen LogP contribution < -0.4 is 4.57 Å². The fraction of sp³-hybridized carbons (Fsp3) is 0.167. The average molecular weight is 246 g/mol. The molecule has 2 heterocycles.